The van der Waals surface area contributed by atoms with Crippen molar-refractivity contribution in [1.29, 1.82) is 0 Å². The summed E-state index contributed by atoms with van der Waals surface area (Å²) in [4.78, 5) is 8.65. The molecule has 0 aliphatic carbocycles. The predicted molar refractivity (Wildman–Crippen MR) is 60.6 cm³/mol. The van der Waals surface area contributed by atoms with Gasteiger partial charge in [0.05, 0.1) is 11.7 Å². The molecule has 0 radical (unpaired) electrons. The van der Waals surface area contributed by atoms with Gasteiger partial charge in [-0.05, 0) is 26.0 Å². The van der Waals surface area contributed by atoms with Crippen molar-refractivity contribution in [2.45, 2.75) is 26.3 Å². The second-order valence-electron chi connectivity index (χ2n) is 3.53. The zero-order valence-electron chi connectivity index (χ0n) is 8.98. The molecule has 0 fully saturated rings. The van der Waals surface area contributed by atoms with Crippen molar-refractivity contribution in [2.75, 3.05) is 6.54 Å². The quantitative estimate of drug-likeness (QED) is 0.817. The summed E-state index contributed by atoms with van der Waals surface area (Å²) in [6.07, 6.45) is 5.55. The van der Waals surface area contributed by atoms with E-state index in [1.165, 1.54) is 5.52 Å². The molecule has 2 aromatic heterocycles. The third-order valence-corrected chi connectivity index (χ3v) is 2.55. The van der Waals surface area contributed by atoms with Crippen molar-refractivity contribution in [1.82, 2.24) is 14.5 Å². The van der Waals surface area contributed by atoms with Gasteiger partial charge in [-0.1, -0.05) is 0 Å². The number of nitrogens with two attached hydrogens (primary N) is 1. The van der Waals surface area contributed by atoms with Crippen molar-refractivity contribution >= 4 is 11.0 Å². The van der Waals surface area contributed by atoms with Gasteiger partial charge in [-0.3, -0.25) is 4.98 Å². The van der Waals surface area contributed by atoms with Crippen LogP contribution in [0.3, 0.4) is 0 Å². The number of aromatic nitrogens is 3. The fourth-order valence-corrected chi connectivity index (χ4v) is 1.84. The molecule has 4 heteroatoms. The Kier molecular flexibility index (Phi) is 2.97. The third kappa shape index (κ3) is 1.85. The monoisotopic (exact) mass is 204 g/mol. The zero-order valence-corrected chi connectivity index (χ0v) is 8.98. The molecule has 0 amide bonds. The molecule has 0 saturated carbocycles. The lowest BCUT2D eigenvalue weighted by Crippen LogP contribution is -2.06. The van der Waals surface area contributed by atoms with Gasteiger partial charge in [0, 0.05) is 19.2 Å². The lowest BCUT2D eigenvalue weighted by atomic mass is 10.3. The van der Waals surface area contributed by atoms with E-state index in [4.69, 9.17) is 5.73 Å². The summed E-state index contributed by atoms with van der Waals surface area (Å²) >= 11 is 0. The van der Waals surface area contributed by atoms with Crippen LogP contribution in [0.2, 0.25) is 0 Å². The van der Waals surface area contributed by atoms with Gasteiger partial charge >= 0.3 is 0 Å². The molecule has 2 aromatic rings. The molecular formula is C11H16N4. The van der Waals surface area contributed by atoms with Crippen LogP contribution in [0.1, 0.15) is 19.2 Å². The first-order chi connectivity index (χ1) is 7.36. The normalized spacial score (nSPS) is 11.1. The molecule has 0 unspecified atom stereocenters. The average Bonchev–Trinajstić information content (AvgIpc) is 2.63. The Morgan fingerprint density at radius 3 is 3.07 bits per heavy atom. The summed E-state index contributed by atoms with van der Waals surface area (Å²) in [7, 11) is 0. The maximum Gasteiger partial charge on any atom is 0.109 e. The Balaban J connectivity index is 2.44. The fourth-order valence-electron chi connectivity index (χ4n) is 1.84. The van der Waals surface area contributed by atoms with E-state index in [-0.39, 0.29) is 0 Å². The number of aryl methyl sites for hydroxylation is 2. The standard InChI is InChI=1S/C11H16N4/c1-2-15-10-5-7-13-8-9(10)14-11(15)4-3-6-12/h5,7-8H,2-4,6,12H2,1H3. The zero-order chi connectivity index (χ0) is 10.7. The van der Waals surface area contributed by atoms with Crippen LogP contribution in [-0.4, -0.2) is 21.1 Å². The number of pyridine rings is 1. The molecule has 2 rings (SSSR count). The molecule has 0 atom stereocenters. The third-order valence-electron chi connectivity index (χ3n) is 2.55. The molecule has 0 bridgehead atoms. The number of fused-ring (bicyclic) bond motifs is 1. The van der Waals surface area contributed by atoms with Crippen molar-refractivity contribution in [3.8, 4) is 0 Å². The molecule has 0 saturated heterocycles. The highest BCUT2D eigenvalue weighted by Gasteiger charge is 2.07. The molecule has 80 valence electrons. The smallest absolute Gasteiger partial charge is 0.109 e. The Morgan fingerprint density at radius 2 is 2.33 bits per heavy atom. The van der Waals surface area contributed by atoms with E-state index < -0.39 is 0 Å². The number of hydrogen-bond acceptors (Lipinski definition) is 3. The van der Waals surface area contributed by atoms with Crippen molar-refractivity contribution in [3.63, 3.8) is 0 Å². The minimum Gasteiger partial charge on any atom is -0.330 e. The van der Waals surface area contributed by atoms with Gasteiger partial charge in [0.25, 0.3) is 0 Å². The van der Waals surface area contributed by atoms with E-state index in [9.17, 15) is 0 Å². The van der Waals surface area contributed by atoms with E-state index in [2.05, 4.69) is 21.5 Å². The van der Waals surface area contributed by atoms with E-state index in [0.717, 1.165) is 30.7 Å². The van der Waals surface area contributed by atoms with E-state index in [1.807, 2.05) is 18.5 Å². The molecular weight excluding hydrogens is 188 g/mol. The van der Waals surface area contributed by atoms with Gasteiger partial charge in [0.15, 0.2) is 0 Å². The average molecular weight is 204 g/mol. The molecule has 0 spiro atoms. The van der Waals surface area contributed by atoms with Crippen LogP contribution in [0.25, 0.3) is 11.0 Å². The second-order valence-corrected chi connectivity index (χ2v) is 3.53. The number of hydrogen-bond donors (Lipinski definition) is 1. The first kappa shape index (κ1) is 10.1. The van der Waals surface area contributed by atoms with Crippen LogP contribution >= 0.6 is 0 Å². The van der Waals surface area contributed by atoms with Crippen LogP contribution in [0.15, 0.2) is 18.5 Å². The fraction of sp³-hybridized carbons (Fsp3) is 0.455. The number of imidazole rings is 1. The summed E-state index contributed by atoms with van der Waals surface area (Å²) < 4.78 is 2.23. The van der Waals surface area contributed by atoms with Gasteiger partial charge in [-0.25, -0.2) is 4.98 Å². The van der Waals surface area contributed by atoms with Crippen LogP contribution in [-0.2, 0) is 13.0 Å². The van der Waals surface area contributed by atoms with Gasteiger partial charge in [0.2, 0.25) is 0 Å². The SMILES string of the molecule is CCn1c(CCCN)nc2cnccc21. The Hall–Kier alpha value is -1.42. The minimum atomic E-state index is 0.713. The highest BCUT2D eigenvalue weighted by Crippen LogP contribution is 2.15. The molecule has 0 aliphatic heterocycles. The highest BCUT2D eigenvalue weighted by atomic mass is 15.1. The van der Waals surface area contributed by atoms with E-state index in [0.29, 0.717) is 6.54 Å². The van der Waals surface area contributed by atoms with Crippen molar-refractivity contribution < 1.29 is 0 Å². The molecule has 4 nitrogen and oxygen atoms in total. The maximum atomic E-state index is 5.51. The minimum absolute atomic E-state index is 0.713. The lowest BCUT2D eigenvalue weighted by Gasteiger charge is -2.04. The van der Waals surface area contributed by atoms with Gasteiger partial charge in [0.1, 0.15) is 11.3 Å². The molecule has 2 N–H and O–H groups in total. The first-order valence-electron chi connectivity index (χ1n) is 5.36. The molecule has 2 heterocycles. The summed E-state index contributed by atoms with van der Waals surface area (Å²) in [6, 6.07) is 2.01. The Morgan fingerprint density at radius 1 is 1.47 bits per heavy atom. The van der Waals surface area contributed by atoms with Crippen molar-refractivity contribution in [2.24, 2.45) is 5.73 Å². The van der Waals surface area contributed by atoms with Crippen LogP contribution in [0, 0.1) is 0 Å². The second kappa shape index (κ2) is 4.40. The Labute approximate surface area is 89.1 Å². The van der Waals surface area contributed by atoms with E-state index >= 15 is 0 Å². The lowest BCUT2D eigenvalue weighted by molar-refractivity contribution is 0.686. The Bertz CT molecular complexity index is 447. The summed E-state index contributed by atoms with van der Waals surface area (Å²) in [6.45, 7) is 3.79. The molecule has 0 aliphatic rings. The molecule has 15 heavy (non-hydrogen) atoms. The van der Waals surface area contributed by atoms with Gasteiger partial charge in [-0.2, -0.15) is 0 Å². The van der Waals surface area contributed by atoms with Crippen molar-refractivity contribution in [3.05, 3.63) is 24.3 Å². The predicted octanol–water partition coefficient (Wildman–Crippen LogP) is 1.34. The number of nitrogens with zero attached hydrogens (tertiary/aromatic N) is 3. The first-order valence-corrected chi connectivity index (χ1v) is 5.36. The van der Waals surface area contributed by atoms with Crippen LogP contribution in [0.4, 0.5) is 0 Å². The van der Waals surface area contributed by atoms with Crippen LogP contribution < -0.4 is 5.73 Å². The number of rotatable bonds is 4. The van der Waals surface area contributed by atoms with Crippen LogP contribution in [0.5, 0.6) is 0 Å². The molecule has 0 aromatic carbocycles. The largest absolute Gasteiger partial charge is 0.330 e. The summed E-state index contributed by atoms with van der Waals surface area (Å²) in [5, 5.41) is 0. The van der Waals surface area contributed by atoms with E-state index in [1.54, 1.807) is 0 Å². The van der Waals surface area contributed by atoms with Gasteiger partial charge < -0.3 is 10.3 Å². The maximum absolute atomic E-state index is 5.51. The highest BCUT2D eigenvalue weighted by molar-refractivity contribution is 5.74. The summed E-state index contributed by atoms with van der Waals surface area (Å²) in [5.74, 6) is 1.12. The topological polar surface area (TPSA) is 56.7 Å². The van der Waals surface area contributed by atoms with Gasteiger partial charge in [-0.15, -0.1) is 0 Å². The summed E-state index contributed by atoms with van der Waals surface area (Å²) in [5.41, 5.74) is 7.66.